The second-order valence-electron chi connectivity index (χ2n) is 7.04. The van der Waals surface area contributed by atoms with E-state index in [9.17, 15) is 13.2 Å². The Morgan fingerprint density at radius 2 is 1.78 bits per heavy atom. The highest BCUT2D eigenvalue weighted by Gasteiger charge is 2.21. The smallest absolute Gasteiger partial charge is 0.240 e. The fourth-order valence-corrected chi connectivity index (χ4v) is 3.69. The SMILES string of the molecule is CC(C)C(=O)Nc1ccc(S(=O)(=O)NCC(c2cccn2C)N(C)C)cc1. The quantitative estimate of drug-likeness (QED) is 0.721. The largest absolute Gasteiger partial charge is 0.353 e. The van der Waals surface area contributed by atoms with Crippen molar-refractivity contribution in [3.05, 3.63) is 48.3 Å². The Morgan fingerprint density at radius 1 is 1.15 bits per heavy atom. The summed E-state index contributed by atoms with van der Waals surface area (Å²) < 4.78 is 29.9. The minimum atomic E-state index is -3.65. The van der Waals surface area contributed by atoms with Crippen LogP contribution >= 0.6 is 0 Å². The molecule has 27 heavy (non-hydrogen) atoms. The lowest BCUT2D eigenvalue weighted by Crippen LogP contribution is -2.35. The van der Waals surface area contributed by atoms with Crippen LogP contribution in [0.5, 0.6) is 0 Å². The van der Waals surface area contributed by atoms with E-state index in [0.29, 0.717) is 5.69 Å². The number of hydrogen-bond donors (Lipinski definition) is 2. The minimum Gasteiger partial charge on any atom is -0.353 e. The Hall–Kier alpha value is -2.16. The second kappa shape index (κ2) is 8.69. The van der Waals surface area contributed by atoms with Crippen LogP contribution in [-0.4, -0.2) is 44.4 Å². The van der Waals surface area contributed by atoms with Crippen molar-refractivity contribution in [2.24, 2.45) is 13.0 Å². The molecule has 1 heterocycles. The zero-order valence-electron chi connectivity index (χ0n) is 16.4. The van der Waals surface area contributed by atoms with E-state index in [4.69, 9.17) is 0 Å². The minimum absolute atomic E-state index is 0.0932. The Balaban J connectivity index is 2.09. The number of anilines is 1. The molecule has 0 bridgehead atoms. The first-order valence-electron chi connectivity index (χ1n) is 8.80. The molecular weight excluding hydrogens is 364 g/mol. The van der Waals surface area contributed by atoms with Crippen LogP contribution in [0.15, 0.2) is 47.5 Å². The van der Waals surface area contributed by atoms with E-state index in [0.717, 1.165) is 5.69 Å². The number of rotatable bonds is 8. The van der Waals surface area contributed by atoms with Crippen LogP contribution in [0.4, 0.5) is 5.69 Å². The molecule has 0 aliphatic carbocycles. The molecule has 1 amide bonds. The van der Waals surface area contributed by atoms with Gasteiger partial charge in [-0.3, -0.25) is 9.69 Å². The lowest BCUT2D eigenvalue weighted by molar-refractivity contribution is -0.118. The lowest BCUT2D eigenvalue weighted by Gasteiger charge is -2.25. The van der Waals surface area contributed by atoms with E-state index in [1.165, 1.54) is 12.1 Å². The van der Waals surface area contributed by atoms with Crippen LogP contribution in [0.3, 0.4) is 0 Å². The highest BCUT2D eigenvalue weighted by molar-refractivity contribution is 7.89. The van der Waals surface area contributed by atoms with Crippen LogP contribution in [0.25, 0.3) is 0 Å². The summed E-state index contributed by atoms with van der Waals surface area (Å²) >= 11 is 0. The number of nitrogens with zero attached hydrogens (tertiary/aromatic N) is 2. The molecule has 0 aliphatic rings. The van der Waals surface area contributed by atoms with Gasteiger partial charge in [-0.15, -0.1) is 0 Å². The molecule has 8 heteroatoms. The summed E-state index contributed by atoms with van der Waals surface area (Å²) in [5, 5.41) is 2.75. The van der Waals surface area contributed by atoms with Crippen LogP contribution in [0.1, 0.15) is 25.6 Å². The lowest BCUT2D eigenvalue weighted by atomic mass is 10.2. The summed E-state index contributed by atoms with van der Waals surface area (Å²) in [6.07, 6.45) is 1.94. The van der Waals surface area contributed by atoms with Gasteiger partial charge in [-0.2, -0.15) is 0 Å². The van der Waals surface area contributed by atoms with Gasteiger partial charge in [-0.25, -0.2) is 13.1 Å². The number of hydrogen-bond acceptors (Lipinski definition) is 4. The van der Waals surface area contributed by atoms with Crippen molar-refractivity contribution in [2.75, 3.05) is 26.0 Å². The van der Waals surface area contributed by atoms with Gasteiger partial charge in [0.15, 0.2) is 0 Å². The molecule has 0 fully saturated rings. The average molecular weight is 393 g/mol. The van der Waals surface area contributed by atoms with Crippen LogP contribution < -0.4 is 10.0 Å². The maximum Gasteiger partial charge on any atom is 0.240 e. The van der Waals surface area contributed by atoms with Gasteiger partial charge >= 0.3 is 0 Å². The maximum absolute atomic E-state index is 12.6. The number of amides is 1. The summed E-state index contributed by atoms with van der Waals surface area (Å²) in [5.41, 5.74) is 1.59. The van der Waals surface area contributed by atoms with Crippen molar-refractivity contribution in [3.63, 3.8) is 0 Å². The Labute approximate surface area is 161 Å². The molecule has 0 saturated heterocycles. The van der Waals surface area contributed by atoms with Gasteiger partial charge in [0.05, 0.1) is 10.9 Å². The van der Waals surface area contributed by atoms with Crippen LogP contribution in [0, 0.1) is 5.92 Å². The van der Waals surface area contributed by atoms with Crippen molar-refractivity contribution in [2.45, 2.75) is 24.8 Å². The Kier molecular flexibility index (Phi) is 6.80. The normalized spacial score (nSPS) is 13.1. The number of carbonyl (C=O) groups excluding carboxylic acids is 1. The van der Waals surface area contributed by atoms with E-state index in [-0.39, 0.29) is 29.3 Å². The molecule has 0 aliphatic heterocycles. The van der Waals surface area contributed by atoms with Gasteiger partial charge in [0, 0.05) is 37.1 Å². The Bertz CT molecular complexity index is 871. The third-order valence-electron chi connectivity index (χ3n) is 4.37. The standard InChI is InChI=1S/C19H28N4O3S/c1-14(2)19(24)21-15-8-10-16(11-9-15)27(25,26)20-13-18(22(3)4)17-7-6-12-23(17)5/h6-12,14,18,20H,13H2,1-5H3,(H,21,24). The van der Waals surface area contributed by atoms with Gasteiger partial charge in [0.1, 0.15) is 0 Å². The summed E-state index contributed by atoms with van der Waals surface area (Å²) in [5.74, 6) is -0.254. The molecule has 2 rings (SSSR count). The molecule has 1 aromatic heterocycles. The van der Waals surface area contributed by atoms with E-state index in [1.807, 2.05) is 48.9 Å². The molecule has 1 unspecified atom stereocenters. The molecule has 2 aromatic rings. The van der Waals surface area contributed by atoms with Gasteiger partial charge in [0.25, 0.3) is 0 Å². The molecule has 0 saturated carbocycles. The highest BCUT2D eigenvalue weighted by atomic mass is 32.2. The van der Waals surface area contributed by atoms with Crippen molar-refractivity contribution in [3.8, 4) is 0 Å². The number of likely N-dealkylation sites (N-methyl/N-ethyl adjacent to an activating group) is 1. The molecule has 2 N–H and O–H groups in total. The van der Waals surface area contributed by atoms with Crippen LogP contribution in [-0.2, 0) is 21.9 Å². The van der Waals surface area contributed by atoms with Crippen molar-refractivity contribution < 1.29 is 13.2 Å². The molecule has 0 spiro atoms. The fraction of sp³-hybridized carbons (Fsp3) is 0.421. The predicted octanol–water partition coefficient (Wildman–Crippen LogP) is 2.20. The van der Waals surface area contributed by atoms with E-state index < -0.39 is 10.0 Å². The number of nitrogens with one attached hydrogen (secondary N) is 2. The highest BCUT2D eigenvalue weighted by Crippen LogP contribution is 2.19. The van der Waals surface area contributed by atoms with Crippen LogP contribution in [0.2, 0.25) is 0 Å². The predicted molar refractivity (Wildman–Crippen MR) is 107 cm³/mol. The first kappa shape index (κ1) is 21.1. The first-order chi connectivity index (χ1) is 12.6. The summed E-state index contributed by atoms with van der Waals surface area (Å²) in [6, 6.07) is 9.99. The number of aromatic nitrogens is 1. The average Bonchev–Trinajstić information content (AvgIpc) is 3.01. The number of benzene rings is 1. The third-order valence-corrected chi connectivity index (χ3v) is 5.81. The van der Waals surface area contributed by atoms with Gasteiger partial charge < -0.3 is 9.88 Å². The van der Waals surface area contributed by atoms with Crippen molar-refractivity contribution >= 4 is 21.6 Å². The molecular formula is C19H28N4O3S. The molecule has 1 aromatic carbocycles. The van der Waals surface area contributed by atoms with Crippen molar-refractivity contribution in [1.29, 1.82) is 0 Å². The maximum atomic E-state index is 12.6. The second-order valence-corrected chi connectivity index (χ2v) is 8.81. The molecule has 148 valence electrons. The van der Waals surface area contributed by atoms with Crippen molar-refractivity contribution in [1.82, 2.24) is 14.2 Å². The molecule has 1 atom stereocenters. The first-order valence-corrected chi connectivity index (χ1v) is 10.3. The summed E-state index contributed by atoms with van der Waals surface area (Å²) in [7, 11) is 2.11. The van der Waals surface area contributed by atoms with Gasteiger partial charge in [-0.05, 0) is 50.5 Å². The summed E-state index contributed by atoms with van der Waals surface area (Å²) in [4.78, 5) is 13.9. The third kappa shape index (κ3) is 5.41. The fourth-order valence-electron chi connectivity index (χ4n) is 2.65. The van der Waals surface area contributed by atoms with Gasteiger partial charge in [0.2, 0.25) is 15.9 Å². The zero-order valence-corrected chi connectivity index (χ0v) is 17.2. The Morgan fingerprint density at radius 3 is 2.26 bits per heavy atom. The number of carbonyl (C=O) groups is 1. The van der Waals surface area contributed by atoms with Gasteiger partial charge in [-0.1, -0.05) is 13.8 Å². The monoisotopic (exact) mass is 392 g/mol. The van der Waals surface area contributed by atoms with E-state index in [2.05, 4.69) is 10.0 Å². The topological polar surface area (TPSA) is 83.4 Å². The summed E-state index contributed by atoms with van der Waals surface area (Å²) in [6.45, 7) is 3.84. The molecule has 7 nitrogen and oxygen atoms in total. The zero-order chi connectivity index (χ0) is 20.2. The molecule has 0 radical (unpaired) electrons. The van der Waals surface area contributed by atoms with E-state index in [1.54, 1.807) is 26.0 Å². The number of sulfonamides is 1. The van der Waals surface area contributed by atoms with E-state index >= 15 is 0 Å². The number of aryl methyl sites for hydroxylation is 1.